The summed E-state index contributed by atoms with van der Waals surface area (Å²) in [7, 11) is -3.34. The molecule has 0 aliphatic carbocycles. The zero-order valence-corrected chi connectivity index (χ0v) is 17.5. The van der Waals surface area contributed by atoms with Crippen LogP contribution in [0.5, 0.6) is 0 Å². The van der Waals surface area contributed by atoms with Gasteiger partial charge in [-0.15, -0.1) is 0 Å². The normalized spacial score (nSPS) is 27.3. The lowest BCUT2D eigenvalue weighted by atomic mass is 10.0. The van der Waals surface area contributed by atoms with Crippen LogP contribution in [-0.2, 0) is 38.5 Å². The summed E-state index contributed by atoms with van der Waals surface area (Å²) in [4.78, 5) is 62.1. The van der Waals surface area contributed by atoms with Gasteiger partial charge in [-0.3, -0.25) is 19.2 Å². The molecule has 2 N–H and O–H groups in total. The number of carbonyl (C=O) groups is 5. The van der Waals surface area contributed by atoms with Crippen molar-refractivity contribution < 1.29 is 46.7 Å². The number of hydrogen-bond acceptors (Lipinski definition) is 10. The van der Waals surface area contributed by atoms with Gasteiger partial charge in [-0.1, -0.05) is 11.5 Å². The molecule has 0 saturated carbocycles. The van der Waals surface area contributed by atoms with E-state index in [2.05, 4.69) is 20.2 Å². The highest BCUT2D eigenvalue weighted by atomic mass is 32.2. The zero-order chi connectivity index (χ0) is 22.8. The first-order chi connectivity index (χ1) is 14.6. The van der Waals surface area contributed by atoms with Crippen molar-refractivity contribution >= 4 is 39.8 Å². The second kappa shape index (κ2) is 9.08. The minimum absolute atomic E-state index is 0.0443. The van der Waals surface area contributed by atoms with E-state index in [0.29, 0.717) is 17.9 Å². The van der Waals surface area contributed by atoms with Crippen LogP contribution in [0.4, 0.5) is 9.59 Å². The highest BCUT2D eigenvalue weighted by molar-refractivity contribution is 7.92. The highest BCUT2D eigenvalue weighted by Crippen LogP contribution is 2.28. The zero-order valence-electron chi connectivity index (χ0n) is 16.7. The summed E-state index contributed by atoms with van der Waals surface area (Å²) in [5.74, 6) is -2.13. The number of nitrogens with zero attached hydrogens (tertiary/aromatic N) is 1. The lowest BCUT2D eigenvalue weighted by molar-refractivity contribution is -0.191. The minimum Gasteiger partial charge on any atom is -0.425 e. The van der Waals surface area contributed by atoms with Crippen molar-refractivity contribution in [1.82, 2.24) is 15.7 Å². The number of sulfone groups is 1. The summed E-state index contributed by atoms with van der Waals surface area (Å²) in [6, 6.07) is -1.29. The molecule has 0 aromatic rings. The molecule has 13 nitrogen and oxygen atoms in total. The standard InChI is InChI=1S/C17H23N3O10S/c1-9(29-17(25)30-20-12(21)6-7-13(20)22)28-14(23)5-3-2-4-11-15-10(8-31(11,26)27)18-16(24)19-15/h9-11,15H,2-8H2,1H3,(H2,18,19,24)/t9?,10?,11-,15?/m0/s1. The van der Waals surface area contributed by atoms with Crippen molar-refractivity contribution in [1.29, 1.82) is 0 Å². The Hall–Kier alpha value is -2.90. The van der Waals surface area contributed by atoms with Crippen molar-refractivity contribution in [3.8, 4) is 0 Å². The van der Waals surface area contributed by atoms with Crippen LogP contribution in [0, 0.1) is 0 Å². The van der Waals surface area contributed by atoms with Crippen molar-refractivity contribution in [2.24, 2.45) is 0 Å². The van der Waals surface area contributed by atoms with Crippen LogP contribution >= 0.6 is 0 Å². The maximum atomic E-state index is 12.2. The van der Waals surface area contributed by atoms with Crippen molar-refractivity contribution in [2.45, 2.75) is 69.1 Å². The quantitative estimate of drug-likeness (QED) is 0.158. The summed E-state index contributed by atoms with van der Waals surface area (Å²) in [6.45, 7) is 1.26. The first-order valence-electron chi connectivity index (χ1n) is 9.79. The molecule has 0 radical (unpaired) electrons. The number of urea groups is 1. The Labute approximate surface area is 177 Å². The largest absolute Gasteiger partial charge is 0.537 e. The predicted molar refractivity (Wildman–Crippen MR) is 99.5 cm³/mol. The summed E-state index contributed by atoms with van der Waals surface area (Å²) in [5, 5.41) is 4.80. The molecule has 3 unspecified atom stereocenters. The Morgan fingerprint density at radius 3 is 2.45 bits per heavy atom. The number of hydrogen-bond donors (Lipinski definition) is 2. The van der Waals surface area contributed by atoms with Gasteiger partial charge in [-0.25, -0.2) is 18.0 Å². The molecule has 4 atom stereocenters. The summed E-state index contributed by atoms with van der Waals surface area (Å²) in [6.07, 6.45) is -1.83. The van der Waals surface area contributed by atoms with Crippen molar-refractivity contribution in [2.75, 3.05) is 5.75 Å². The molecule has 4 amide bonds. The number of esters is 1. The molecule has 31 heavy (non-hydrogen) atoms. The number of fused-ring (bicyclic) bond motifs is 1. The van der Waals surface area contributed by atoms with Crippen LogP contribution < -0.4 is 10.6 Å². The van der Waals surface area contributed by atoms with Crippen LogP contribution in [-0.4, -0.2) is 72.8 Å². The minimum atomic E-state index is -3.34. The lowest BCUT2D eigenvalue weighted by Gasteiger charge is -2.17. The fraction of sp³-hybridized carbons (Fsp3) is 0.706. The first-order valence-corrected chi connectivity index (χ1v) is 11.5. The van der Waals surface area contributed by atoms with E-state index in [0.717, 1.165) is 0 Å². The molecule has 3 heterocycles. The lowest BCUT2D eigenvalue weighted by Crippen LogP contribution is -2.39. The number of amides is 4. The molecule has 0 bridgehead atoms. The van der Waals surface area contributed by atoms with Gasteiger partial charge in [-0.2, -0.15) is 0 Å². The molecule has 0 aromatic carbocycles. The summed E-state index contributed by atoms with van der Waals surface area (Å²) in [5.41, 5.74) is 0. The fourth-order valence-corrected chi connectivity index (χ4v) is 6.05. The van der Waals surface area contributed by atoms with Crippen molar-refractivity contribution in [3.05, 3.63) is 0 Å². The first kappa shape index (κ1) is 22.8. The molecular formula is C17H23N3O10S. The smallest absolute Gasteiger partial charge is 0.425 e. The molecule has 3 aliphatic rings. The van der Waals surface area contributed by atoms with Crippen LogP contribution in [0.25, 0.3) is 0 Å². The van der Waals surface area contributed by atoms with Gasteiger partial charge in [0, 0.05) is 26.2 Å². The number of imide groups is 1. The number of hydroxylamine groups is 2. The number of unbranched alkanes of at least 4 members (excludes halogenated alkanes) is 1. The average molecular weight is 461 g/mol. The number of ether oxygens (including phenoxy) is 2. The Morgan fingerprint density at radius 1 is 1.10 bits per heavy atom. The van der Waals surface area contributed by atoms with E-state index >= 15 is 0 Å². The van der Waals surface area contributed by atoms with E-state index in [-0.39, 0.29) is 37.5 Å². The van der Waals surface area contributed by atoms with Gasteiger partial charge in [0.25, 0.3) is 11.8 Å². The van der Waals surface area contributed by atoms with Gasteiger partial charge in [0.05, 0.1) is 23.1 Å². The number of nitrogens with one attached hydrogen (secondary N) is 2. The molecular weight excluding hydrogens is 438 g/mol. The molecule has 3 saturated heterocycles. The van der Waals surface area contributed by atoms with Crippen LogP contribution in [0.1, 0.15) is 45.4 Å². The summed E-state index contributed by atoms with van der Waals surface area (Å²) >= 11 is 0. The second-order valence-electron chi connectivity index (χ2n) is 7.46. The predicted octanol–water partition coefficient (Wildman–Crippen LogP) is -0.500. The van der Waals surface area contributed by atoms with Gasteiger partial charge in [-0.05, 0) is 12.8 Å². The van der Waals surface area contributed by atoms with Gasteiger partial charge in [0.1, 0.15) is 0 Å². The second-order valence-corrected chi connectivity index (χ2v) is 9.73. The molecule has 14 heteroatoms. The van der Waals surface area contributed by atoms with Crippen LogP contribution in [0.15, 0.2) is 0 Å². The van der Waals surface area contributed by atoms with E-state index in [1.54, 1.807) is 0 Å². The molecule has 0 aromatic heterocycles. The fourth-order valence-electron chi connectivity index (χ4n) is 3.78. The molecule has 3 aliphatic heterocycles. The Bertz CT molecular complexity index is 873. The molecule has 3 rings (SSSR count). The Balaban J connectivity index is 1.34. The highest BCUT2D eigenvalue weighted by Gasteiger charge is 2.51. The average Bonchev–Trinajstić information content (AvgIpc) is 3.23. The van der Waals surface area contributed by atoms with Gasteiger partial charge >= 0.3 is 18.2 Å². The molecule has 172 valence electrons. The molecule has 0 spiro atoms. The Morgan fingerprint density at radius 2 is 1.77 bits per heavy atom. The van der Waals surface area contributed by atoms with Gasteiger partial charge in [0.2, 0.25) is 6.29 Å². The maximum absolute atomic E-state index is 12.2. The third-order valence-electron chi connectivity index (χ3n) is 5.17. The van der Waals surface area contributed by atoms with E-state index in [1.807, 2.05) is 0 Å². The Kier molecular flexibility index (Phi) is 6.67. The van der Waals surface area contributed by atoms with Gasteiger partial charge in [0.15, 0.2) is 9.84 Å². The summed E-state index contributed by atoms with van der Waals surface area (Å²) < 4.78 is 34.0. The van der Waals surface area contributed by atoms with E-state index in [9.17, 15) is 32.4 Å². The van der Waals surface area contributed by atoms with Crippen LogP contribution in [0.3, 0.4) is 0 Å². The monoisotopic (exact) mass is 461 g/mol. The molecule has 3 fully saturated rings. The topological polar surface area (TPSA) is 174 Å². The van der Waals surface area contributed by atoms with E-state index in [4.69, 9.17) is 4.74 Å². The third-order valence-corrected chi connectivity index (χ3v) is 7.45. The SMILES string of the molecule is CC(OC(=O)CCCC[C@H]1C2NC(=O)NC2CS1(=O)=O)OC(=O)ON1C(=O)CCC1=O. The van der Waals surface area contributed by atoms with E-state index < -0.39 is 57.4 Å². The van der Waals surface area contributed by atoms with E-state index in [1.165, 1.54) is 6.92 Å². The number of rotatable bonds is 8. The van der Waals surface area contributed by atoms with Crippen molar-refractivity contribution in [3.63, 3.8) is 0 Å². The maximum Gasteiger partial charge on any atom is 0.537 e. The third kappa shape index (κ3) is 5.42. The number of carbonyl (C=O) groups excluding carboxylic acids is 5. The van der Waals surface area contributed by atoms with Crippen LogP contribution in [0.2, 0.25) is 0 Å². The van der Waals surface area contributed by atoms with Gasteiger partial charge < -0.3 is 20.1 Å².